The standard InChI is InChI=1S/C12H22N2O3/c1-9-5-4-8-13-11(9)12(17)14-7-3-2-6-10(15)16/h9,11,13H,2-8H2,1H3,(H,14,17)(H,15,16). The number of unbranched alkanes of at least 4 members (excludes halogenated alkanes) is 1. The summed E-state index contributed by atoms with van der Waals surface area (Å²) < 4.78 is 0. The van der Waals surface area contributed by atoms with Crippen LogP contribution < -0.4 is 10.6 Å². The zero-order valence-corrected chi connectivity index (χ0v) is 10.4. The largest absolute Gasteiger partial charge is 0.481 e. The number of piperidine rings is 1. The second kappa shape index (κ2) is 7.27. The summed E-state index contributed by atoms with van der Waals surface area (Å²) in [6.07, 6.45) is 3.73. The molecule has 2 atom stereocenters. The Kier molecular flexibility index (Phi) is 5.97. The van der Waals surface area contributed by atoms with Gasteiger partial charge < -0.3 is 15.7 Å². The maximum Gasteiger partial charge on any atom is 0.303 e. The summed E-state index contributed by atoms with van der Waals surface area (Å²) >= 11 is 0. The number of hydrogen-bond acceptors (Lipinski definition) is 3. The van der Waals surface area contributed by atoms with Gasteiger partial charge in [0, 0.05) is 13.0 Å². The highest BCUT2D eigenvalue weighted by atomic mass is 16.4. The molecule has 3 N–H and O–H groups in total. The van der Waals surface area contributed by atoms with E-state index in [-0.39, 0.29) is 18.4 Å². The van der Waals surface area contributed by atoms with E-state index in [1.807, 2.05) is 0 Å². The Morgan fingerprint density at radius 3 is 2.82 bits per heavy atom. The van der Waals surface area contributed by atoms with Gasteiger partial charge in [0.25, 0.3) is 0 Å². The minimum atomic E-state index is -0.779. The van der Waals surface area contributed by atoms with E-state index in [0.29, 0.717) is 18.9 Å². The van der Waals surface area contributed by atoms with E-state index in [1.165, 1.54) is 0 Å². The topological polar surface area (TPSA) is 78.4 Å². The van der Waals surface area contributed by atoms with Crippen molar-refractivity contribution in [2.24, 2.45) is 5.92 Å². The summed E-state index contributed by atoms with van der Waals surface area (Å²) in [5, 5.41) is 14.5. The molecular formula is C12H22N2O3. The van der Waals surface area contributed by atoms with Crippen LogP contribution in [0.15, 0.2) is 0 Å². The lowest BCUT2D eigenvalue weighted by atomic mass is 9.92. The number of aliphatic carboxylic acids is 1. The predicted molar refractivity (Wildman–Crippen MR) is 64.7 cm³/mol. The summed E-state index contributed by atoms with van der Waals surface area (Å²) in [5.74, 6) is -0.353. The van der Waals surface area contributed by atoms with Gasteiger partial charge in [-0.05, 0) is 38.1 Å². The van der Waals surface area contributed by atoms with Crippen LogP contribution in [0.25, 0.3) is 0 Å². The van der Waals surface area contributed by atoms with Crippen molar-refractivity contribution in [1.82, 2.24) is 10.6 Å². The van der Waals surface area contributed by atoms with Gasteiger partial charge in [-0.25, -0.2) is 0 Å². The number of nitrogens with one attached hydrogen (secondary N) is 2. The van der Waals surface area contributed by atoms with Crippen molar-refractivity contribution < 1.29 is 14.7 Å². The molecule has 1 aliphatic heterocycles. The monoisotopic (exact) mass is 242 g/mol. The maximum atomic E-state index is 11.8. The Hall–Kier alpha value is -1.10. The van der Waals surface area contributed by atoms with Crippen LogP contribution in [0, 0.1) is 5.92 Å². The van der Waals surface area contributed by atoms with Crippen LogP contribution in [0.5, 0.6) is 0 Å². The van der Waals surface area contributed by atoms with Crippen LogP contribution in [0.3, 0.4) is 0 Å². The molecule has 1 aliphatic rings. The van der Waals surface area contributed by atoms with Crippen molar-refractivity contribution in [1.29, 1.82) is 0 Å². The molecule has 17 heavy (non-hydrogen) atoms. The molecule has 0 radical (unpaired) electrons. The predicted octanol–water partition coefficient (Wildman–Crippen LogP) is 0.746. The Morgan fingerprint density at radius 1 is 1.41 bits per heavy atom. The summed E-state index contributed by atoms with van der Waals surface area (Å²) in [4.78, 5) is 22.1. The molecule has 0 aromatic heterocycles. The summed E-state index contributed by atoms with van der Waals surface area (Å²) in [7, 11) is 0. The normalized spacial score (nSPS) is 24.3. The Labute approximate surface area is 102 Å². The van der Waals surface area contributed by atoms with Gasteiger partial charge in [-0.15, -0.1) is 0 Å². The smallest absolute Gasteiger partial charge is 0.303 e. The molecule has 0 saturated carbocycles. The molecule has 0 bridgehead atoms. The maximum absolute atomic E-state index is 11.8. The zero-order valence-electron chi connectivity index (χ0n) is 10.4. The Bertz CT molecular complexity index is 268. The molecule has 98 valence electrons. The van der Waals surface area contributed by atoms with Gasteiger partial charge >= 0.3 is 5.97 Å². The highest BCUT2D eigenvalue weighted by Crippen LogP contribution is 2.15. The van der Waals surface area contributed by atoms with Gasteiger partial charge in [0.2, 0.25) is 5.91 Å². The molecule has 1 saturated heterocycles. The second-order valence-electron chi connectivity index (χ2n) is 4.69. The number of rotatable bonds is 6. The first kappa shape index (κ1) is 14.0. The summed E-state index contributed by atoms with van der Waals surface area (Å²) in [6.45, 7) is 3.55. The lowest BCUT2D eigenvalue weighted by molar-refractivity contribution is -0.137. The molecule has 0 spiro atoms. The minimum absolute atomic E-state index is 0.0486. The third kappa shape index (κ3) is 5.17. The second-order valence-corrected chi connectivity index (χ2v) is 4.69. The van der Waals surface area contributed by atoms with E-state index >= 15 is 0 Å². The van der Waals surface area contributed by atoms with Crippen LogP contribution in [-0.4, -0.2) is 36.1 Å². The summed E-state index contributed by atoms with van der Waals surface area (Å²) in [5.41, 5.74) is 0. The summed E-state index contributed by atoms with van der Waals surface area (Å²) in [6, 6.07) is -0.0803. The van der Waals surface area contributed by atoms with Crippen molar-refractivity contribution in [3.63, 3.8) is 0 Å². The number of carbonyl (C=O) groups excluding carboxylic acids is 1. The Balaban J connectivity index is 2.13. The first-order valence-electron chi connectivity index (χ1n) is 6.34. The van der Waals surface area contributed by atoms with E-state index in [1.54, 1.807) is 0 Å². The fourth-order valence-electron chi connectivity index (χ4n) is 2.12. The van der Waals surface area contributed by atoms with Crippen molar-refractivity contribution >= 4 is 11.9 Å². The van der Waals surface area contributed by atoms with Crippen LogP contribution in [0.4, 0.5) is 0 Å². The third-order valence-electron chi connectivity index (χ3n) is 3.17. The number of hydrogen-bond donors (Lipinski definition) is 3. The SMILES string of the molecule is CC1CCCNC1C(=O)NCCCCC(=O)O. The molecule has 5 heteroatoms. The lowest BCUT2D eigenvalue weighted by Crippen LogP contribution is -2.51. The molecular weight excluding hydrogens is 220 g/mol. The minimum Gasteiger partial charge on any atom is -0.481 e. The molecule has 1 rings (SSSR count). The van der Waals surface area contributed by atoms with Crippen molar-refractivity contribution in [3.8, 4) is 0 Å². The van der Waals surface area contributed by atoms with Gasteiger partial charge in [0.1, 0.15) is 0 Å². The molecule has 1 fully saturated rings. The first-order valence-corrected chi connectivity index (χ1v) is 6.34. The van der Waals surface area contributed by atoms with Gasteiger partial charge in [0.05, 0.1) is 6.04 Å². The quantitative estimate of drug-likeness (QED) is 0.600. The number of carboxylic acid groups (broad SMARTS) is 1. The van der Waals surface area contributed by atoms with E-state index in [0.717, 1.165) is 25.8 Å². The van der Waals surface area contributed by atoms with Crippen LogP contribution in [0.1, 0.15) is 39.0 Å². The van der Waals surface area contributed by atoms with E-state index in [4.69, 9.17) is 5.11 Å². The van der Waals surface area contributed by atoms with Crippen LogP contribution in [0.2, 0.25) is 0 Å². The van der Waals surface area contributed by atoms with E-state index in [2.05, 4.69) is 17.6 Å². The highest BCUT2D eigenvalue weighted by molar-refractivity contribution is 5.82. The van der Waals surface area contributed by atoms with E-state index < -0.39 is 5.97 Å². The van der Waals surface area contributed by atoms with Gasteiger partial charge in [-0.3, -0.25) is 9.59 Å². The van der Waals surface area contributed by atoms with Crippen LogP contribution >= 0.6 is 0 Å². The molecule has 1 amide bonds. The molecule has 1 heterocycles. The van der Waals surface area contributed by atoms with Crippen molar-refractivity contribution in [2.75, 3.05) is 13.1 Å². The molecule has 0 aromatic carbocycles. The highest BCUT2D eigenvalue weighted by Gasteiger charge is 2.26. The Morgan fingerprint density at radius 2 is 2.18 bits per heavy atom. The van der Waals surface area contributed by atoms with Gasteiger partial charge in [-0.2, -0.15) is 0 Å². The van der Waals surface area contributed by atoms with Gasteiger partial charge in [0.15, 0.2) is 0 Å². The molecule has 2 unspecified atom stereocenters. The molecule has 0 aromatic rings. The third-order valence-corrected chi connectivity index (χ3v) is 3.17. The first-order chi connectivity index (χ1) is 8.11. The fraction of sp³-hybridized carbons (Fsp3) is 0.833. The van der Waals surface area contributed by atoms with Crippen molar-refractivity contribution in [2.45, 2.75) is 45.1 Å². The van der Waals surface area contributed by atoms with Crippen LogP contribution in [-0.2, 0) is 9.59 Å². The zero-order chi connectivity index (χ0) is 12.7. The average molecular weight is 242 g/mol. The number of amides is 1. The fourth-order valence-corrected chi connectivity index (χ4v) is 2.12. The number of carboxylic acids is 1. The lowest BCUT2D eigenvalue weighted by Gasteiger charge is -2.28. The molecule has 5 nitrogen and oxygen atoms in total. The average Bonchev–Trinajstić information content (AvgIpc) is 2.28. The van der Waals surface area contributed by atoms with Crippen molar-refractivity contribution in [3.05, 3.63) is 0 Å². The molecule has 0 aliphatic carbocycles. The van der Waals surface area contributed by atoms with Gasteiger partial charge in [-0.1, -0.05) is 6.92 Å². The van der Waals surface area contributed by atoms with E-state index in [9.17, 15) is 9.59 Å². The number of carbonyl (C=O) groups is 2.